The third-order valence-electron chi connectivity index (χ3n) is 2.57. The summed E-state index contributed by atoms with van der Waals surface area (Å²) in [4.78, 5) is 4.03. The molecular formula is C11H11BrFN3. The molecule has 1 aromatic carbocycles. The fourth-order valence-electron chi connectivity index (χ4n) is 1.75. The minimum absolute atomic E-state index is 0.333. The highest BCUT2D eigenvalue weighted by molar-refractivity contribution is 9.10. The van der Waals surface area contributed by atoms with Gasteiger partial charge in [0, 0.05) is 16.9 Å². The lowest BCUT2D eigenvalue weighted by molar-refractivity contribution is 0.635. The van der Waals surface area contributed by atoms with Crippen LogP contribution >= 0.6 is 15.9 Å². The zero-order valence-electron chi connectivity index (χ0n) is 8.94. The van der Waals surface area contributed by atoms with Crippen molar-refractivity contribution in [3.8, 4) is 0 Å². The van der Waals surface area contributed by atoms with Gasteiger partial charge in [-0.15, -0.1) is 0 Å². The van der Waals surface area contributed by atoms with Gasteiger partial charge in [0.25, 0.3) is 0 Å². The van der Waals surface area contributed by atoms with Crippen LogP contribution in [0.3, 0.4) is 0 Å². The van der Waals surface area contributed by atoms with Crippen LogP contribution in [0.2, 0.25) is 0 Å². The molecule has 0 unspecified atom stereocenters. The van der Waals surface area contributed by atoms with E-state index in [4.69, 9.17) is 5.73 Å². The summed E-state index contributed by atoms with van der Waals surface area (Å²) in [5.41, 5.74) is 8.27. The Bertz CT molecular complexity index is 569. The van der Waals surface area contributed by atoms with E-state index in [2.05, 4.69) is 26.2 Å². The van der Waals surface area contributed by atoms with Gasteiger partial charge >= 0.3 is 0 Å². The predicted octanol–water partition coefficient (Wildman–Crippen LogP) is 3.07. The summed E-state index contributed by atoms with van der Waals surface area (Å²) in [5.74, 6) is -0.357. The highest BCUT2D eigenvalue weighted by Crippen LogP contribution is 2.35. The normalized spacial score (nSPS) is 10.8. The van der Waals surface area contributed by atoms with E-state index >= 15 is 0 Å². The number of benzene rings is 1. The Kier molecular flexibility index (Phi) is 2.71. The molecule has 0 radical (unpaired) electrons. The molecule has 0 aliphatic carbocycles. The number of rotatable bonds is 1. The molecule has 1 heterocycles. The van der Waals surface area contributed by atoms with Crippen LogP contribution in [0.5, 0.6) is 0 Å². The van der Waals surface area contributed by atoms with Crippen molar-refractivity contribution >= 4 is 38.2 Å². The summed E-state index contributed by atoms with van der Waals surface area (Å²) < 4.78 is 14.4. The highest BCUT2D eigenvalue weighted by Gasteiger charge is 2.14. The molecule has 0 fully saturated rings. The number of hydrogen-bond donors (Lipinski definition) is 2. The molecule has 5 heteroatoms. The van der Waals surface area contributed by atoms with Crippen molar-refractivity contribution in [1.82, 2.24) is 4.98 Å². The molecule has 0 aliphatic heterocycles. The summed E-state index contributed by atoms with van der Waals surface area (Å²) in [5, 5.41) is 3.70. The number of nitrogens with one attached hydrogen (secondary N) is 1. The molecule has 0 spiro atoms. The van der Waals surface area contributed by atoms with Crippen LogP contribution < -0.4 is 11.1 Å². The van der Waals surface area contributed by atoms with Crippen molar-refractivity contribution in [3.63, 3.8) is 0 Å². The van der Waals surface area contributed by atoms with Gasteiger partial charge in [0.15, 0.2) is 5.82 Å². The first-order valence-electron chi connectivity index (χ1n) is 4.76. The second kappa shape index (κ2) is 3.90. The Hall–Kier alpha value is -1.36. The third kappa shape index (κ3) is 1.51. The van der Waals surface area contributed by atoms with Gasteiger partial charge in [0.1, 0.15) is 5.52 Å². The van der Waals surface area contributed by atoms with Crippen LogP contribution in [-0.2, 0) is 0 Å². The largest absolute Gasteiger partial charge is 0.396 e. The molecule has 3 nitrogen and oxygen atoms in total. The Labute approximate surface area is 101 Å². The molecule has 0 saturated heterocycles. The zero-order valence-corrected chi connectivity index (χ0v) is 10.5. The number of hydrogen-bond acceptors (Lipinski definition) is 3. The highest BCUT2D eigenvalue weighted by atomic mass is 79.9. The first-order chi connectivity index (χ1) is 7.56. The fraction of sp³-hybridized carbons (Fsp3) is 0.182. The Morgan fingerprint density at radius 3 is 2.81 bits per heavy atom. The Morgan fingerprint density at radius 2 is 2.19 bits per heavy atom. The number of nitrogens with zero attached hydrogens (tertiary/aromatic N) is 1. The number of fused-ring (bicyclic) bond motifs is 1. The molecule has 84 valence electrons. The summed E-state index contributed by atoms with van der Waals surface area (Å²) in [6, 6.07) is 1.42. The monoisotopic (exact) mass is 283 g/mol. The number of anilines is 2. The molecule has 2 rings (SSSR count). The number of aryl methyl sites for hydroxylation is 1. The average molecular weight is 284 g/mol. The summed E-state index contributed by atoms with van der Waals surface area (Å²) in [6.45, 7) is 1.90. The van der Waals surface area contributed by atoms with Crippen LogP contribution in [-0.4, -0.2) is 12.0 Å². The number of aromatic nitrogens is 1. The summed E-state index contributed by atoms with van der Waals surface area (Å²) in [6.07, 6.45) is 1.46. The van der Waals surface area contributed by atoms with Gasteiger partial charge in [-0.25, -0.2) is 4.39 Å². The van der Waals surface area contributed by atoms with Gasteiger partial charge in [0.2, 0.25) is 0 Å². The molecule has 2 aromatic rings. The van der Waals surface area contributed by atoms with E-state index in [1.807, 2.05) is 6.92 Å². The smallest absolute Gasteiger partial charge is 0.150 e. The van der Waals surface area contributed by atoms with E-state index in [1.54, 1.807) is 7.05 Å². The van der Waals surface area contributed by atoms with Crippen molar-refractivity contribution in [3.05, 3.63) is 28.1 Å². The first-order valence-corrected chi connectivity index (χ1v) is 5.56. The molecule has 3 N–H and O–H groups in total. The van der Waals surface area contributed by atoms with Crippen molar-refractivity contribution in [1.29, 1.82) is 0 Å². The topological polar surface area (TPSA) is 50.9 Å². The zero-order chi connectivity index (χ0) is 11.9. The number of halogens is 2. The maximum atomic E-state index is 13.7. The minimum Gasteiger partial charge on any atom is -0.396 e. The lowest BCUT2D eigenvalue weighted by atomic mass is 10.1. The number of pyridine rings is 1. The molecule has 0 atom stereocenters. The predicted molar refractivity (Wildman–Crippen MR) is 68.1 cm³/mol. The van der Waals surface area contributed by atoms with Gasteiger partial charge in [-0.2, -0.15) is 0 Å². The third-order valence-corrected chi connectivity index (χ3v) is 3.39. The first kappa shape index (κ1) is 11.1. The molecule has 16 heavy (non-hydrogen) atoms. The van der Waals surface area contributed by atoms with E-state index in [9.17, 15) is 4.39 Å². The van der Waals surface area contributed by atoms with E-state index < -0.39 is 0 Å². The molecule has 0 bridgehead atoms. The van der Waals surface area contributed by atoms with Gasteiger partial charge in [0.05, 0.1) is 17.6 Å². The standard InChI is InChI=1S/C11H11BrFN3/c1-5-6(12)3-7(13)10-9(5)11(15-2)8(14)4-16-10/h3-4H,14H2,1-2H3,(H,15,16). The summed E-state index contributed by atoms with van der Waals surface area (Å²) >= 11 is 3.32. The van der Waals surface area contributed by atoms with Crippen molar-refractivity contribution < 1.29 is 4.39 Å². The van der Waals surface area contributed by atoms with Gasteiger partial charge in [-0.3, -0.25) is 4.98 Å². The second-order valence-corrected chi connectivity index (χ2v) is 4.38. The van der Waals surface area contributed by atoms with Crippen LogP contribution in [0.1, 0.15) is 5.56 Å². The van der Waals surface area contributed by atoms with E-state index in [0.29, 0.717) is 21.4 Å². The van der Waals surface area contributed by atoms with Crippen LogP contribution in [0.4, 0.5) is 15.8 Å². The van der Waals surface area contributed by atoms with Crippen molar-refractivity contribution in [2.45, 2.75) is 6.92 Å². The van der Waals surface area contributed by atoms with Crippen molar-refractivity contribution in [2.75, 3.05) is 18.1 Å². The SMILES string of the molecule is CNc1c(N)cnc2c(F)cc(Br)c(C)c12. The van der Waals surface area contributed by atoms with Crippen molar-refractivity contribution in [2.24, 2.45) is 0 Å². The van der Waals surface area contributed by atoms with Crippen LogP contribution in [0.15, 0.2) is 16.7 Å². The molecular weight excluding hydrogens is 273 g/mol. The average Bonchev–Trinajstić information content (AvgIpc) is 2.25. The Morgan fingerprint density at radius 1 is 1.50 bits per heavy atom. The molecule has 1 aromatic heterocycles. The fourth-order valence-corrected chi connectivity index (χ4v) is 2.15. The molecule has 0 amide bonds. The maximum absolute atomic E-state index is 13.7. The van der Waals surface area contributed by atoms with Gasteiger partial charge < -0.3 is 11.1 Å². The summed E-state index contributed by atoms with van der Waals surface area (Å²) in [7, 11) is 1.75. The minimum atomic E-state index is -0.357. The second-order valence-electron chi connectivity index (χ2n) is 3.53. The van der Waals surface area contributed by atoms with E-state index in [1.165, 1.54) is 12.3 Å². The van der Waals surface area contributed by atoms with Crippen LogP contribution in [0, 0.1) is 12.7 Å². The molecule has 0 aliphatic rings. The van der Waals surface area contributed by atoms with Gasteiger partial charge in [-0.1, -0.05) is 15.9 Å². The quantitative estimate of drug-likeness (QED) is 0.846. The number of nitrogens with two attached hydrogens (primary N) is 1. The lowest BCUT2D eigenvalue weighted by Crippen LogP contribution is -2.01. The number of nitrogen functional groups attached to an aromatic ring is 1. The van der Waals surface area contributed by atoms with Gasteiger partial charge in [-0.05, 0) is 18.6 Å². The lowest BCUT2D eigenvalue weighted by Gasteiger charge is -2.12. The molecule has 0 saturated carbocycles. The van der Waals surface area contributed by atoms with Crippen LogP contribution in [0.25, 0.3) is 10.9 Å². The van der Waals surface area contributed by atoms with E-state index in [0.717, 1.165) is 10.9 Å². The Balaban J connectivity index is 3.01. The maximum Gasteiger partial charge on any atom is 0.150 e. The van der Waals surface area contributed by atoms with E-state index in [-0.39, 0.29) is 5.82 Å².